The Bertz CT molecular complexity index is 2100. The number of benzene rings is 5. The quantitative estimate of drug-likeness (QED) is 0.181. The molecule has 0 saturated heterocycles. The average molecular weight is 671 g/mol. The van der Waals surface area contributed by atoms with Crippen LogP contribution >= 0.6 is 11.8 Å². The van der Waals surface area contributed by atoms with Crippen molar-refractivity contribution in [2.75, 3.05) is 21.0 Å². The molecule has 4 nitrogen and oxygen atoms in total. The third-order valence-electron chi connectivity index (χ3n) is 9.90. The lowest BCUT2D eigenvalue weighted by molar-refractivity contribution is 0.553. The van der Waals surface area contributed by atoms with Crippen LogP contribution in [0, 0.1) is 0 Å². The van der Waals surface area contributed by atoms with Crippen LogP contribution in [-0.2, 0) is 12.8 Å². The lowest BCUT2D eigenvalue weighted by Crippen LogP contribution is -2.54. The van der Waals surface area contributed by atoms with Gasteiger partial charge in [-0.25, -0.2) is 0 Å². The number of hydrogen-bond acceptors (Lipinski definition) is 5. The van der Waals surface area contributed by atoms with Crippen molar-refractivity contribution < 1.29 is 0 Å². The SMILES string of the molecule is CSc1ccccc1N(C1=CC=CC(N2c3ccccc3CC/C=C\C3=C(C2C)N(c2ccccc2)c2ccccc2C3)N1)c1ccccc1. The van der Waals surface area contributed by atoms with Crippen LogP contribution in [0.1, 0.15) is 24.5 Å². The lowest BCUT2D eigenvalue weighted by Gasteiger charge is -2.46. The van der Waals surface area contributed by atoms with Gasteiger partial charge in [0.15, 0.2) is 0 Å². The normalized spacial score (nSPS) is 19.0. The van der Waals surface area contributed by atoms with Crippen LogP contribution in [0.5, 0.6) is 0 Å². The van der Waals surface area contributed by atoms with Crippen molar-refractivity contribution in [1.82, 2.24) is 5.32 Å². The Morgan fingerprint density at radius 2 is 1.42 bits per heavy atom. The van der Waals surface area contributed by atoms with Gasteiger partial charge in [0.2, 0.25) is 0 Å². The summed E-state index contributed by atoms with van der Waals surface area (Å²) >= 11 is 1.77. The minimum absolute atomic E-state index is 0.00706. The van der Waals surface area contributed by atoms with Crippen molar-refractivity contribution in [3.05, 3.63) is 192 Å². The zero-order valence-electron chi connectivity index (χ0n) is 28.6. The molecule has 5 aromatic carbocycles. The number of hydrogen-bond donors (Lipinski definition) is 1. The van der Waals surface area contributed by atoms with Gasteiger partial charge < -0.3 is 15.1 Å². The van der Waals surface area contributed by atoms with E-state index in [9.17, 15) is 0 Å². The highest BCUT2D eigenvalue weighted by Crippen LogP contribution is 2.44. The second kappa shape index (κ2) is 14.2. The second-order valence-corrected chi connectivity index (χ2v) is 13.8. The number of nitrogens with zero attached hydrogens (tertiary/aromatic N) is 3. The first kappa shape index (κ1) is 31.9. The van der Waals surface area contributed by atoms with Crippen molar-refractivity contribution in [1.29, 1.82) is 0 Å². The van der Waals surface area contributed by atoms with Crippen molar-refractivity contribution in [3.63, 3.8) is 0 Å². The Hall–Kier alpha value is -5.39. The van der Waals surface area contributed by atoms with Crippen molar-refractivity contribution >= 4 is 40.2 Å². The molecule has 3 aliphatic heterocycles. The molecule has 248 valence electrons. The minimum Gasteiger partial charge on any atom is -0.348 e. The summed E-state index contributed by atoms with van der Waals surface area (Å²) < 4.78 is 0. The molecule has 0 saturated carbocycles. The Labute approximate surface area is 300 Å². The van der Waals surface area contributed by atoms with E-state index in [-0.39, 0.29) is 12.2 Å². The van der Waals surface area contributed by atoms with E-state index >= 15 is 0 Å². The van der Waals surface area contributed by atoms with E-state index in [2.05, 4.69) is 197 Å². The van der Waals surface area contributed by atoms with E-state index in [0.29, 0.717) is 0 Å². The van der Waals surface area contributed by atoms with Gasteiger partial charge in [0.1, 0.15) is 12.0 Å². The van der Waals surface area contributed by atoms with E-state index in [1.54, 1.807) is 11.8 Å². The van der Waals surface area contributed by atoms with Gasteiger partial charge in [-0.3, -0.25) is 4.90 Å². The predicted molar refractivity (Wildman–Crippen MR) is 213 cm³/mol. The first-order chi connectivity index (χ1) is 24.7. The number of nitrogens with one attached hydrogen (secondary N) is 1. The summed E-state index contributed by atoms with van der Waals surface area (Å²) in [5, 5.41) is 4.05. The van der Waals surface area contributed by atoms with E-state index in [4.69, 9.17) is 0 Å². The second-order valence-electron chi connectivity index (χ2n) is 12.9. The van der Waals surface area contributed by atoms with Gasteiger partial charge in [0.25, 0.3) is 0 Å². The molecular weight excluding hydrogens is 629 g/mol. The van der Waals surface area contributed by atoms with E-state index < -0.39 is 0 Å². The highest BCUT2D eigenvalue weighted by Gasteiger charge is 2.36. The molecule has 3 aliphatic rings. The number of aryl methyl sites for hydroxylation is 1. The van der Waals surface area contributed by atoms with Gasteiger partial charge >= 0.3 is 0 Å². The van der Waals surface area contributed by atoms with Gasteiger partial charge in [0, 0.05) is 39.8 Å². The van der Waals surface area contributed by atoms with Crippen LogP contribution in [0.25, 0.3) is 0 Å². The Balaban J connectivity index is 1.27. The molecule has 0 amide bonds. The fourth-order valence-corrected chi connectivity index (χ4v) is 8.26. The molecule has 2 atom stereocenters. The molecule has 5 aromatic rings. The molecule has 0 bridgehead atoms. The van der Waals surface area contributed by atoms with Crippen molar-refractivity contribution in [2.24, 2.45) is 0 Å². The summed E-state index contributed by atoms with van der Waals surface area (Å²) in [6.45, 7) is 2.39. The van der Waals surface area contributed by atoms with Crippen molar-refractivity contribution in [3.8, 4) is 0 Å². The number of para-hydroxylation sites is 5. The van der Waals surface area contributed by atoms with Gasteiger partial charge in [-0.1, -0.05) is 103 Å². The van der Waals surface area contributed by atoms with E-state index in [1.165, 1.54) is 44.4 Å². The highest BCUT2D eigenvalue weighted by molar-refractivity contribution is 7.98. The van der Waals surface area contributed by atoms with Gasteiger partial charge in [-0.05, 0) is 103 Å². The Morgan fingerprint density at radius 3 is 2.22 bits per heavy atom. The molecule has 5 heteroatoms. The molecule has 1 N–H and O–H groups in total. The molecular formula is C45H42N4S. The standard InChI is InChI=1S/C45H42N4S/c1-33-45-36(32-35-20-12-14-27-40(35)49(45)38-24-7-4-8-25-38)21-10-9-18-34-19-11-13-26-39(34)47(33)43-30-17-31-44(46-43)48(37-22-5-3-6-23-37)41-28-15-16-29-42(41)50-2/h3-8,10-17,19-31,33,43,46H,9,18,32H2,1-2H3/b21-10-. The molecule has 0 aromatic heterocycles. The monoisotopic (exact) mass is 670 g/mol. The van der Waals surface area contributed by atoms with E-state index in [1.807, 2.05) is 0 Å². The minimum atomic E-state index is -0.120. The van der Waals surface area contributed by atoms with Crippen LogP contribution in [-0.4, -0.2) is 18.5 Å². The molecule has 0 spiro atoms. The van der Waals surface area contributed by atoms with Crippen molar-refractivity contribution in [2.45, 2.75) is 43.3 Å². The summed E-state index contributed by atoms with van der Waals surface area (Å²) in [5.41, 5.74) is 11.3. The lowest BCUT2D eigenvalue weighted by atomic mass is 9.90. The van der Waals surface area contributed by atoms with Crippen LogP contribution in [0.4, 0.5) is 28.4 Å². The third kappa shape index (κ3) is 6.03. The first-order valence-electron chi connectivity index (χ1n) is 17.5. The van der Waals surface area contributed by atoms with E-state index in [0.717, 1.165) is 36.5 Å². The molecule has 8 rings (SSSR count). The number of thioether (sulfide) groups is 1. The summed E-state index contributed by atoms with van der Waals surface area (Å²) in [6.07, 6.45) is 16.4. The Kier molecular flexibility index (Phi) is 9.06. The fourth-order valence-electron chi connectivity index (χ4n) is 7.67. The fraction of sp³-hybridized carbons (Fsp3) is 0.156. The maximum Gasteiger partial charge on any atom is 0.120 e. The van der Waals surface area contributed by atoms with Gasteiger partial charge in [0.05, 0.1) is 11.7 Å². The Morgan fingerprint density at radius 1 is 0.740 bits per heavy atom. The molecule has 0 fully saturated rings. The summed E-state index contributed by atoms with van der Waals surface area (Å²) in [6, 6.07) is 48.1. The molecule has 2 unspecified atom stereocenters. The first-order valence-corrected chi connectivity index (χ1v) is 18.8. The van der Waals surface area contributed by atoms with Gasteiger partial charge in [-0.15, -0.1) is 11.8 Å². The summed E-state index contributed by atoms with van der Waals surface area (Å²) in [4.78, 5) is 8.71. The summed E-state index contributed by atoms with van der Waals surface area (Å²) in [5.74, 6) is 1.04. The highest BCUT2D eigenvalue weighted by atomic mass is 32.2. The molecule has 50 heavy (non-hydrogen) atoms. The number of fused-ring (bicyclic) bond motifs is 2. The average Bonchev–Trinajstić information content (AvgIpc) is 3.17. The number of allylic oxidation sites excluding steroid dienone is 5. The van der Waals surface area contributed by atoms with Gasteiger partial charge in [-0.2, -0.15) is 0 Å². The number of dihydropyridines is 1. The largest absolute Gasteiger partial charge is 0.348 e. The topological polar surface area (TPSA) is 21.8 Å². The smallest absolute Gasteiger partial charge is 0.120 e. The zero-order chi connectivity index (χ0) is 33.9. The predicted octanol–water partition coefficient (Wildman–Crippen LogP) is 10.9. The molecule has 3 heterocycles. The maximum absolute atomic E-state index is 4.05. The maximum atomic E-state index is 4.05. The van der Waals surface area contributed by atoms with Crippen LogP contribution in [0.2, 0.25) is 0 Å². The van der Waals surface area contributed by atoms with Crippen LogP contribution < -0.4 is 20.0 Å². The molecule has 0 aliphatic carbocycles. The number of rotatable bonds is 6. The number of anilines is 5. The van der Waals surface area contributed by atoms with Crippen LogP contribution in [0.3, 0.4) is 0 Å². The molecule has 0 radical (unpaired) electrons. The third-order valence-corrected chi connectivity index (χ3v) is 10.7. The van der Waals surface area contributed by atoms with Crippen LogP contribution in [0.15, 0.2) is 186 Å². The summed E-state index contributed by atoms with van der Waals surface area (Å²) in [7, 11) is 0. The zero-order valence-corrected chi connectivity index (χ0v) is 29.4.